The molecule has 1 aliphatic heterocycles. The number of hydrogen-bond acceptors (Lipinski definition) is 3. The van der Waals surface area contributed by atoms with Gasteiger partial charge < -0.3 is 4.57 Å². The highest BCUT2D eigenvalue weighted by molar-refractivity contribution is 7.99. The van der Waals surface area contributed by atoms with Crippen molar-refractivity contribution in [3.63, 3.8) is 0 Å². The minimum absolute atomic E-state index is 0.329. The van der Waals surface area contributed by atoms with E-state index in [2.05, 4.69) is 50.9 Å². The Morgan fingerprint density at radius 3 is 2.89 bits per heavy atom. The molecule has 3 heterocycles. The monoisotopic (exact) mass is 253 g/mol. The zero-order chi connectivity index (χ0) is 11.9. The highest BCUT2D eigenvalue weighted by Crippen LogP contribution is 2.42. The molecule has 0 bridgehead atoms. The number of fused-ring (bicyclic) bond motifs is 3. The molecule has 0 amide bonds. The average Bonchev–Trinajstić information content (AvgIpc) is 2.98. The first-order valence-corrected chi connectivity index (χ1v) is 6.97. The predicted octanol–water partition coefficient (Wildman–Crippen LogP) is 3.23. The normalized spacial score (nSPS) is 18.1. The molecule has 4 rings (SSSR count). The Kier molecular flexibility index (Phi) is 2.17. The van der Waals surface area contributed by atoms with Crippen LogP contribution < -0.4 is 0 Å². The summed E-state index contributed by atoms with van der Waals surface area (Å²) in [5.74, 6) is 2.08. The van der Waals surface area contributed by atoms with Crippen molar-refractivity contribution in [2.24, 2.45) is 0 Å². The fourth-order valence-corrected chi connectivity index (χ4v) is 3.68. The molecule has 4 heteroatoms. The molecule has 1 aromatic carbocycles. The number of aromatic nitrogens is 3. The first kappa shape index (κ1) is 10.1. The van der Waals surface area contributed by atoms with Gasteiger partial charge in [0.05, 0.1) is 11.3 Å². The SMILES string of the molecule is c1ccc(C2SCc3nc4ncccc4n32)cc1. The van der Waals surface area contributed by atoms with Crippen molar-refractivity contribution in [3.05, 3.63) is 60.0 Å². The van der Waals surface area contributed by atoms with Gasteiger partial charge in [0.25, 0.3) is 0 Å². The molecule has 1 atom stereocenters. The zero-order valence-corrected chi connectivity index (χ0v) is 10.5. The Morgan fingerprint density at radius 1 is 1.11 bits per heavy atom. The van der Waals surface area contributed by atoms with Crippen LogP contribution >= 0.6 is 11.8 Å². The van der Waals surface area contributed by atoms with E-state index in [1.807, 2.05) is 17.8 Å². The van der Waals surface area contributed by atoms with Gasteiger partial charge in [0.1, 0.15) is 11.2 Å². The van der Waals surface area contributed by atoms with Crippen LogP contribution in [0.5, 0.6) is 0 Å². The third-order valence-corrected chi connectivity index (χ3v) is 4.45. The van der Waals surface area contributed by atoms with Gasteiger partial charge in [-0.25, -0.2) is 9.97 Å². The van der Waals surface area contributed by atoms with Gasteiger partial charge >= 0.3 is 0 Å². The minimum atomic E-state index is 0.329. The van der Waals surface area contributed by atoms with E-state index in [-0.39, 0.29) is 0 Å². The summed E-state index contributed by atoms with van der Waals surface area (Å²) in [5, 5.41) is 0.329. The van der Waals surface area contributed by atoms with Crippen LogP contribution in [-0.4, -0.2) is 14.5 Å². The summed E-state index contributed by atoms with van der Waals surface area (Å²) in [7, 11) is 0. The van der Waals surface area contributed by atoms with Gasteiger partial charge in [0, 0.05) is 6.20 Å². The second kappa shape index (κ2) is 3.85. The second-order valence-corrected chi connectivity index (χ2v) is 5.39. The third-order valence-electron chi connectivity index (χ3n) is 3.23. The van der Waals surface area contributed by atoms with Crippen LogP contribution in [0.1, 0.15) is 16.8 Å². The molecule has 0 saturated heterocycles. The molecular formula is C14H11N3S. The third kappa shape index (κ3) is 1.39. The van der Waals surface area contributed by atoms with E-state index in [0.717, 1.165) is 22.7 Å². The fourth-order valence-electron chi connectivity index (χ4n) is 2.43. The Balaban J connectivity index is 1.93. The zero-order valence-electron chi connectivity index (χ0n) is 9.65. The molecule has 0 radical (unpaired) electrons. The number of rotatable bonds is 1. The molecule has 0 spiro atoms. The Labute approximate surface area is 109 Å². The van der Waals surface area contributed by atoms with Crippen molar-refractivity contribution >= 4 is 22.9 Å². The maximum Gasteiger partial charge on any atom is 0.177 e. The molecule has 0 saturated carbocycles. The van der Waals surface area contributed by atoms with Gasteiger partial charge in [0.2, 0.25) is 0 Å². The highest BCUT2D eigenvalue weighted by atomic mass is 32.2. The van der Waals surface area contributed by atoms with Crippen LogP contribution in [0.15, 0.2) is 48.7 Å². The van der Waals surface area contributed by atoms with E-state index in [9.17, 15) is 0 Å². The van der Waals surface area contributed by atoms with Gasteiger partial charge in [-0.15, -0.1) is 11.8 Å². The van der Waals surface area contributed by atoms with Crippen LogP contribution in [0.4, 0.5) is 0 Å². The first-order valence-electron chi connectivity index (χ1n) is 5.92. The lowest BCUT2D eigenvalue weighted by Crippen LogP contribution is -2.02. The predicted molar refractivity (Wildman–Crippen MR) is 73.4 cm³/mol. The molecule has 88 valence electrons. The van der Waals surface area contributed by atoms with E-state index in [0.29, 0.717) is 5.37 Å². The summed E-state index contributed by atoms with van der Waals surface area (Å²) in [6.07, 6.45) is 1.80. The summed E-state index contributed by atoms with van der Waals surface area (Å²) < 4.78 is 2.31. The highest BCUT2D eigenvalue weighted by Gasteiger charge is 2.27. The first-order chi connectivity index (χ1) is 8.93. The summed E-state index contributed by atoms with van der Waals surface area (Å²) in [5.41, 5.74) is 3.31. The van der Waals surface area contributed by atoms with E-state index in [1.54, 1.807) is 6.20 Å². The summed E-state index contributed by atoms with van der Waals surface area (Å²) in [6.45, 7) is 0. The summed E-state index contributed by atoms with van der Waals surface area (Å²) >= 11 is 1.92. The smallest absolute Gasteiger partial charge is 0.177 e. The van der Waals surface area contributed by atoms with Crippen LogP contribution in [0.25, 0.3) is 11.2 Å². The number of benzene rings is 1. The lowest BCUT2D eigenvalue weighted by atomic mass is 10.2. The van der Waals surface area contributed by atoms with Crippen molar-refractivity contribution in [3.8, 4) is 0 Å². The molecule has 2 aromatic heterocycles. The lowest BCUT2D eigenvalue weighted by molar-refractivity contribution is 0.794. The van der Waals surface area contributed by atoms with E-state index >= 15 is 0 Å². The summed E-state index contributed by atoms with van der Waals surface area (Å²) in [6, 6.07) is 14.7. The van der Waals surface area contributed by atoms with Crippen molar-refractivity contribution < 1.29 is 0 Å². The molecule has 3 nitrogen and oxygen atoms in total. The topological polar surface area (TPSA) is 30.7 Å². The van der Waals surface area contributed by atoms with Crippen molar-refractivity contribution in [1.29, 1.82) is 0 Å². The van der Waals surface area contributed by atoms with E-state index in [1.165, 1.54) is 5.56 Å². The van der Waals surface area contributed by atoms with Crippen LogP contribution in [0, 0.1) is 0 Å². The number of thioether (sulfide) groups is 1. The van der Waals surface area contributed by atoms with Crippen molar-refractivity contribution in [2.75, 3.05) is 0 Å². The van der Waals surface area contributed by atoms with Gasteiger partial charge in [-0.1, -0.05) is 30.3 Å². The minimum Gasteiger partial charge on any atom is -0.309 e. The number of hydrogen-bond donors (Lipinski definition) is 0. The molecule has 0 aliphatic carbocycles. The number of imidazole rings is 1. The fraction of sp³-hybridized carbons (Fsp3) is 0.143. The van der Waals surface area contributed by atoms with Gasteiger partial charge in [-0.2, -0.15) is 0 Å². The number of nitrogens with zero attached hydrogens (tertiary/aromatic N) is 3. The largest absolute Gasteiger partial charge is 0.309 e. The van der Waals surface area contributed by atoms with Crippen LogP contribution in [0.2, 0.25) is 0 Å². The standard InChI is InChI=1S/C14H11N3S/c1-2-5-10(6-3-1)14-17-11-7-4-8-15-13(11)16-12(17)9-18-14/h1-8,14H,9H2. The van der Waals surface area contributed by atoms with Gasteiger partial charge in [-0.05, 0) is 17.7 Å². The molecule has 1 aliphatic rings. The van der Waals surface area contributed by atoms with Gasteiger partial charge in [0.15, 0.2) is 5.65 Å². The Hall–Kier alpha value is -1.81. The maximum absolute atomic E-state index is 4.60. The summed E-state index contributed by atoms with van der Waals surface area (Å²) in [4.78, 5) is 8.93. The van der Waals surface area contributed by atoms with Crippen LogP contribution in [0.3, 0.4) is 0 Å². The second-order valence-electron chi connectivity index (χ2n) is 4.32. The molecular weight excluding hydrogens is 242 g/mol. The maximum atomic E-state index is 4.60. The van der Waals surface area contributed by atoms with Crippen molar-refractivity contribution in [1.82, 2.24) is 14.5 Å². The molecule has 18 heavy (non-hydrogen) atoms. The van der Waals surface area contributed by atoms with Crippen LogP contribution in [-0.2, 0) is 5.75 Å². The molecule has 0 fully saturated rings. The van der Waals surface area contributed by atoms with Crippen molar-refractivity contribution in [2.45, 2.75) is 11.1 Å². The molecule has 1 unspecified atom stereocenters. The Bertz CT molecular complexity index is 705. The average molecular weight is 253 g/mol. The van der Waals surface area contributed by atoms with E-state index in [4.69, 9.17) is 0 Å². The van der Waals surface area contributed by atoms with E-state index < -0.39 is 0 Å². The van der Waals surface area contributed by atoms with Gasteiger partial charge in [-0.3, -0.25) is 0 Å². The quantitative estimate of drug-likeness (QED) is 0.667. The molecule has 3 aromatic rings. The lowest BCUT2D eigenvalue weighted by Gasteiger charge is -2.13. The Morgan fingerprint density at radius 2 is 2.00 bits per heavy atom. The molecule has 0 N–H and O–H groups in total. The number of pyridine rings is 1.